The van der Waals surface area contributed by atoms with Gasteiger partial charge in [0.2, 0.25) is 5.91 Å². The van der Waals surface area contributed by atoms with Gasteiger partial charge in [0.1, 0.15) is 0 Å². The molecule has 0 aromatic heterocycles. The largest absolute Gasteiger partial charge is 0.463 e. The summed E-state index contributed by atoms with van der Waals surface area (Å²) in [5, 5.41) is 6.52. The molecule has 0 radical (unpaired) electrons. The van der Waals surface area contributed by atoms with Gasteiger partial charge in [-0.1, -0.05) is 24.9 Å². The molecular weight excluding hydrogens is 312 g/mol. The summed E-state index contributed by atoms with van der Waals surface area (Å²) in [7, 11) is 0. The summed E-state index contributed by atoms with van der Waals surface area (Å²) in [6, 6.07) is -1.10. The number of amides is 1. The predicted molar refractivity (Wildman–Crippen MR) is 89.1 cm³/mol. The summed E-state index contributed by atoms with van der Waals surface area (Å²) >= 11 is 0. The van der Waals surface area contributed by atoms with Crippen LogP contribution in [0.25, 0.3) is 10.4 Å². The van der Waals surface area contributed by atoms with E-state index in [4.69, 9.17) is 15.0 Å². The Kier molecular flexibility index (Phi) is 8.89. The van der Waals surface area contributed by atoms with Crippen LogP contribution < -0.4 is 5.32 Å². The average Bonchev–Trinajstić information content (AvgIpc) is 2.54. The standard InChI is InChI=1S/C16H26N4O4/c1-4-6-7-8-24-14-10-12(16(22)23-5-2)9-13(19-20-17)15(14)18-11(3)21/h10,13-15H,4-9H2,1-3H3,(H,18,21). The molecule has 24 heavy (non-hydrogen) atoms. The van der Waals surface area contributed by atoms with Crippen molar-refractivity contribution in [2.24, 2.45) is 5.11 Å². The van der Waals surface area contributed by atoms with Crippen LogP contribution in [0.2, 0.25) is 0 Å². The predicted octanol–water partition coefficient (Wildman–Crippen LogP) is 2.64. The average molecular weight is 338 g/mol. The maximum absolute atomic E-state index is 12.0. The van der Waals surface area contributed by atoms with E-state index in [2.05, 4.69) is 22.3 Å². The van der Waals surface area contributed by atoms with E-state index < -0.39 is 24.2 Å². The Morgan fingerprint density at radius 2 is 2.17 bits per heavy atom. The summed E-state index contributed by atoms with van der Waals surface area (Å²) in [4.78, 5) is 26.4. The summed E-state index contributed by atoms with van der Waals surface area (Å²) < 4.78 is 10.9. The molecule has 1 N–H and O–H groups in total. The van der Waals surface area contributed by atoms with Crippen molar-refractivity contribution in [1.82, 2.24) is 5.32 Å². The van der Waals surface area contributed by atoms with Gasteiger partial charge in [-0.05, 0) is 31.4 Å². The lowest BCUT2D eigenvalue weighted by Crippen LogP contribution is -2.52. The molecule has 1 rings (SSSR count). The molecule has 1 aliphatic carbocycles. The molecular formula is C16H26N4O4. The zero-order valence-corrected chi connectivity index (χ0v) is 14.5. The molecule has 0 fully saturated rings. The molecule has 0 saturated carbocycles. The third-order valence-corrected chi connectivity index (χ3v) is 3.73. The first-order valence-corrected chi connectivity index (χ1v) is 8.34. The highest BCUT2D eigenvalue weighted by Gasteiger charge is 2.36. The number of hydrogen-bond donors (Lipinski definition) is 1. The molecule has 0 heterocycles. The number of nitrogens with one attached hydrogen (secondary N) is 1. The number of hydrogen-bond acceptors (Lipinski definition) is 5. The minimum absolute atomic E-state index is 0.211. The van der Waals surface area contributed by atoms with Crippen LogP contribution in [-0.2, 0) is 19.1 Å². The van der Waals surface area contributed by atoms with Crippen molar-refractivity contribution in [1.29, 1.82) is 0 Å². The highest BCUT2D eigenvalue weighted by molar-refractivity contribution is 5.89. The number of ether oxygens (including phenoxy) is 2. The van der Waals surface area contributed by atoms with E-state index >= 15 is 0 Å². The van der Waals surface area contributed by atoms with Gasteiger partial charge in [0.15, 0.2) is 0 Å². The maximum Gasteiger partial charge on any atom is 0.333 e. The fourth-order valence-corrected chi connectivity index (χ4v) is 2.63. The number of azide groups is 1. The van der Waals surface area contributed by atoms with Crippen molar-refractivity contribution in [3.8, 4) is 0 Å². The molecule has 8 heteroatoms. The zero-order valence-electron chi connectivity index (χ0n) is 14.5. The van der Waals surface area contributed by atoms with E-state index in [0.717, 1.165) is 19.3 Å². The maximum atomic E-state index is 12.0. The van der Waals surface area contributed by atoms with Crippen molar-refractivity contribution in [2.75, 3.05) is 13.2 Å². The Morgan fingerprint density at radius 3 is 2.75 bits per heavy atom. The molecule has 0 aliphatic heterocycles. The molecule has 0 spiro atoms. The topological polar surface area (TPSA) is 113 Å². The second-order valence-electron chi connectivity index (χ2n) is 5.66. The molecule has 0 saturated heterocycles. The Labute approximate surface area is 142 Å². The van der Waals surface area contributed by atoms with Crippen molar-refractivity contribution >= 4 is 11.9 Å². The SMILES string of the molecule is CCCCCOC1C=C(C(=O)OCC)CC(N=[N+]=[N-])C1NC(C)=O. The van der Waals surface area contributed by atoms with E-state index in [0.29, 0.717) is 12.2 Å². The van der Waals surface area contributed by atoms with Crippen LogP contribution in [0.5, 0.6) is 0 Å². The van der Waals surface area contributed by atoms with Crippen molar-refractivity contribution in [2.45, 2.75) is 64.6 Å². The number of nitrogens with zero attached hydrogens (tertiary/aromatic N) is 3. The number of carbonyl (C=O) groups excluding carboxylic acids is 2. The minimum Gasteiger partial charge on any atom is -0.463 e. The molecule has 3 unspecified atom stereocenters. The van der Waals surface area contributed by atoms with E-state index in [-0.39, 0.29) is 18.9 Å². The van der Waals surface area contributed by atoms with E-state index in [1.165, 1.54) is 6.92 Å². The number of carbonyl (C=O) groups is 2. The van der Waals surface area contributed by atoms with Gasteiger partial charge in [0, 0.05) is 24.0 Å². The van der Waals surface area contributed by atoms with Crippen LogP contribution in [0.3, 0.4) is 0 Å². The van der Waals surface area contributed by atoms with Gasteiger partial charge >= 0.3 is 5.97 Å². The summed E-state index contributed by atoms with van der Waals surface area (Å²) in [6.07, 6.45) is 4.33. The molecule has 0 aromatic carbocycles. The Hall–Kier alpha value is -2.05. The minimum atomic E-state index is -0.598. The lowest BCUT2D eigenvalue weighted by Gasteiger charge is -2.34. The second-order valence-corrected chi connectivity index (χ2v) is 5.66. The van der Waals surface area contributed by atoms with Gasteiger partial charge in [0.25, 0.3) is 0 Å². The molecule has 1 amide bonds. The molecule has 134 valence electrons. The molecule has 1 aliphatic rings. The number of rotatable bonds is 9. The van der Waals surface area contributed by atoms with Gasteiger partial charge in [0.05, 0.1) is 24.8 Å². The third-order valence-electron chi connectivity index (χ3n) is 3.73. The highest BCUT2D eigenvalue weighted by atomic mass is 16.5. The third kappa shape index (κ3) is 6.22. The number of unbranched alkanes of at least 4 members (excludes halogenated alkanes) is 2. The van der Waals surface area contributed by atoms with Gasteiger partial charge in [-0.15, -0.1) is 0 Å². The van der Waals surface area contributed by atoms with Gasteiger partial charge in [-0.3, -0.25) is 4.79 Å². The van der Waals surface area contributed by atoms with Crippen molar-refractivity contribution in [3.05, 3.63) is 22.1 Å². The van der Waals surface area contributed by atoms with E-state index in [9.17, 15) is 9.59 Å². The van der Waals surface area contributed by atoms with Crippen molar-refractivity contribution in [3.63, 3.8) is 0 Å². The lowest BCUT2D eigenvalue weighted by molar-refractivity contribution is -0.139. The lowest BCUT2D eigenvalue weighted by atomic mass is 9.88. The second kappa shape index (κ2) is 10.7. The first kappa shape index (κ1) is 20.0. The zero-order chi connectivity index (χ0) is 17.9. The Morgan fingerprint density at radius 1 is 1.42 bits per heavy atom. The smallest absolute Gasteiger partial charge is 0.333 e. The summed E-state index contributed by atoms with van der Waals surface area (Å²) in [5.74, 6) is -0.688. The normalized spacial score (nSPS) is 23.0. The molecule has 0 aromatic rings. The monoisotopic (exact) mass is 338 g/mol. The van der Waals surface area contributed by atoms with Crippen molar-refractivity contribution < 1.29 is 19.1 Å². The van der Waals surface area contributed by atoms with Gasteiger partial charge < -0.3 is 14.8 Å². The van der Waals surface area contributed by atoms with Gasteiger partial charge in [-0.2, -0.15) is 0 Å². The summed E-state index contributed by atoms with van der Waals surface area (Å²) in [5.41, 5.74) is 9.21. The van der Waals surface area contributed by atoms with Crippen LogP contribution in [0.15, 0.2) is 16.8 Å². The van der Waals surface area contributed by atoms with Crippen LogP contribution >= 0.6 is 0 Å². The molecule has 8 nitrogen and oxygen atoms in total. The van der Waals surface area contributed by atoms with Crippen LogP contribution in [0.4, 0.5) is 0 Å². The Bertz CT molecular complexity index is 514. The number of esters is 1. The Balaban J connectivity index is 2.99. The molecule has 3 atom stereocenters. The van der Waals surface area contributed by atoms with Crippen LogP contribution in [0.1, 0.15) is 46.5 Å². The van der Waals surface area contributed by atoms with Crippen LogP contribution in [0, 0.1) is 0 Å². The van der Waals surface area contributed by atoms with E-state index in [1.54, 1.807) is 13.0 Å². The van der Waals surface area contributed by atoms with Gasteiger partial charge in [-0.25, -0.2) is 4.79 Å². The quantitative estimate of drug-likeness (QED) is 0.229. The van der Waals surface area contributed by atoms with Crippen LogP contribution in [-0.4, -0.2) is 43.3 Å². The first-order valence-electron chi connectivity index (χ1n) is 8.34. The molecule has 0 bridgehead atoms. The summed E-state index contributed by atoms with van der Waals surface area (Å²) in [6.45, 7) is 5.98. The first-order chi connectivity index (χ1) is 11.5. The van der Waals surface area contributed by atoms with E-state index in [1.807, 2.05) is 0 Å². The highest BCUT2D eigenvalue weighted by Crippen LogP contribution is 2.25. The fraction of sp³-hybridized carbons (Fsp3) is 0.750. The fourth-order valence-electron chi connectivity index (χ4n) is 2.63.